The first-order valence-electron chi connectivity index (χ1n) is 10.5. The summed E-state index contributed by atoms with van der Waals surface area (Å²) in [5.41, 5.74) is 4.28. The Morgan fingerprint density at radius 1 is 1.09 bits per heavy atom. The summed E-state index contributed by atoms with van der Waals surface area (Å²) in [6, 6.07) is 21.4. The Balaban J connectivity index is 1.51. The van der Waals surface area contributed by atoms with Crippen LogP contribution in [0.2, 0.25) is 0 Å². The number of aryl methyl sites for hydroxylation is 1. The van der Waals surface area contributed by atoms with E-state index in [9.17, 15) is 4.79 Å². The van der Waals surface area contributed by atoms with Crippen molar-refractivity contribution in [2.75, 3.05) is 6.61 Å². The fourth-order valence-electron chi connectivity index (χ4n) is 3.41. The molecule has 4 aromatic rings. The number of carbonyl (C=O) groups is 1. The molecule has 0 saturated carbocycles. The van der Waals surface area contributed by atoms with Crippen LogP contribution in [0.5, 0.6) is 11.5 Å². The van der Waals surface area contributed by atoms with Gasteiger partial charge in [-0.3, -0.25) is 4.79 Å². The van der Waals surface area contributed by atoms with Crippen LogP contribution in [0.3, 0.4) is 0 Å². The first-order valence-corrected chi connectivity index (χ1v) is 11.3. The number of nitrogens with zero attached hydrogens (tertiary/aromatic N) is 1. The largest absolute Gasteiger partial charge is 0.490 e. The molecule has 1 heterocycles. The number of nitrogens with one attached hydrogen (secondary N) is 1. The molecule has 0 saturated heterocycles. The number of fused-ring (bicyclic) bond motifs is 1. The molecule has 0 spiro atoms. The number of amides is 1. The van der Waals surface area contributed by atoms with E-state index in [0.717, 1.165) is 21.0 Å². The zero-order valence-corrected chi connectivity index (χ0v) is 19.9. The average molecular weight is 507 g/mol. The van der Waals surface area contributed by atoms with Gasteiger partial charge >= 0.3 is 5.91 Å². The number of carbonyl (C=O) groups excluding carboxylic acids is 1. The maximum Gasteiger partial charge on any atom is 0.307 e. The van der Waals surface area contributed by atoms with E-state index in [1.54, 1.807) is 19.1 Å². The predicted molar refractivity (Wildman–Crippen MR) is 132 cm³/mol. The highest BCUT2D eigenvalue weighted by Crippen LogP contribution is 2.37. The Hall–Kier alpha value is -3.58. The number of rotatable bonds is 8. The number of hydrogen-bond acceptors (Lipinski definition) is 5. The second kappa shape index (κ2) is 10.4. The molecule has 0 bridgehead atoms. The van der Waals surface area contributed by atoms with Gasteiger partial charge in [0.2, 0.25) is 0 Å². The van der Waals surface area contributed by atoms with E-state index in [2.05, 4.69) is 50.7 Å². The third-order valence-electron chi connectivity index (χ3n) is 4.93. The highest BCUT2D eigenvalue weighted by atomic mass is 79.9. The fourth-order valence-corrected chi connectivity index (χ4v) is 3.99. The summed E-state index contributed by atoms with van der Waals surface area (Å²) in [4.78, 5) is 12.1. The third-order valence-corrected chi connectivity index (χ3v) is 5.52. The van der Waals surface area contributed by atoms with Crippen molar-refractivity contribution in [2.24, 2.45) is 5.10 Å². The number of hydrogen-bond donors (Lipinski definition) is 1. The van der Waals surface area contributed by atoms with Crippen LogP contribution in [0.25, 0.3) is 10.8 Å². The van der Waals surface area contributed by atoms with Gasteiger partial charge in [-0.25, -0.2) is 5.43 Å². The van der Waals surface area contributed by atoms with Gasteiger partial charge in [-0.1, -0.05) is 42.5 Å². The maximum absolute atomic E-state index is 12.1. The molecule has 6 nitrogen and oxygen atoms in total. The van der Waals surface area contributed by atoms with E-state index < -0.39 is 5.91 Å². The fraction of sp³-hybridized carbons (Fsp3) is 0.154. The van der Waals surface area contributed by atoms with Gasteiger partial charge in [-0.2, -0.15) is 5.10 Å². The predicted octanol–water partition coefficient (Wildman–Crippen LogP) is 6.25. The summed E-state index contributed by atoms with van der Waals surface area (Å²) in [6.45, 7) is 4.56. The van der Waals surface area contributed by atoms with Crippen molar-refractivity contribution < 1.29 is 18.7 Å². The van der Waals surface area contributed by atoms with Crippen LogP contribution in [-0.2, 0) is 6.61 Å². The zero-order valence-electron chi connectivity index (χ0n) is 18.3. The van der Waals surface area contributed by atoms with Crippen LogP contribution in [-0.4, -0.2) is 18.7 Å². The van der Waals surface area contributed by atoms with Crippen molar-refractivity contribution in [3.63, 3.8) is 0 Å². The van der Waals surface area contributed by atoms with Crippen LogP contribution >= 0.6 is 15.9 Å². The van der Waals surface area contributed by atoms with Gasteiger partial charge in [-0.05, 0) is 75.9 Å². The van der Waals surface area contributed by atoms with Gasteiger partial charge in [-0.15, -0.1) is 0 Å². The van der Waals surface area contributed by atoms with Crippen LogP contribution in [0.15, 0.2) is 80.7 Å². The van der Waals surface area contributed by atoms with E-state index in [1.807, 2.05) is 37.3 Å². The van der Waals surface area contributed by atoms with Gasteiger partial charge in [0.1, 0.15) is 12.4 Å². The first-order chi connectivity index (χ1) is 16.0. The molecule has 0 unspecified atom stereocenters. The number of hydrazone groups is 1. The number of halogens is 1. The van der Waals surface area contributed by atoms with Gasteiger partial charge in [0, 0.05) is 0 Å². The van der Waals surface area contributed by atoms with E-state index in [0.29, 0.717) is 30.5 Å². The molecule has 168 valence electrons. The van der Waals surface area contributed by atoms with E-state index in [4.69, 9.17) is 13.9 Å². The quantitative estimate of drug-likeness (QED) is 0.226. The summed E-state index contributed by atoms with van der Waals surface area (Å²) in [5, 5.41) is 6.35. The van der Waals surface area contributed by atoms with E-state index in [-0.39, 0.29) is 5.76 Å². The van der Waals surface area contributed by atoms with Gasteiger partial charge < -0.3 is 13.9 Å². The minimum absolute atomic E-state index is 0.206. The molecule has 0 aliphatic heterocycles. The molecule has 1 aromatic heterocycles. The molecule has 4 rings (SSSR count). The maximum atomic E-state index is 12.1. The second-order valence-corrected chi connectivity index (χ2v) is 8.15. The summed E-state index contributed by atoms with van der Waals surface area (Å²) in [7, 11) is 0. The third kappa shape index (κ3) is 5.43. The molecule has 3 aromatic carbocycles. The normalized spacial score (nSPS) is 11.1. The lowest BCUT2D eigenvalue weighted by molar-refractivity contribution is 0.0926. The molecule has 1 N–H and O–H groups in total. The molecule has 33 heavy (non-hydrogen) atoms. The monoisotopic (exact) mass is 506 g/mol. The smallest absolute Gasteiger partial charge is 0.307 e. The lowest BCUT2D eigenvalue weighted by Gasteiger charge is -2.15. The summed E-state index contributed by atoms with van der Waals surface area (Å²) in [5.74, 6) is 1.64. The minimum Gasteiger partial charge on any atom is -0.490 e. The molecular formula is C26H23BrN2O4. The van der Waals surface area contributed by atoms with Crippen molar-refractivity contribution in [1.29, 1.82) is 0 Å². The second-order valence-electron chi connectivity index (χ2n) is 7.30. The summed E-state index contributed by atoms with van der Waals surface area (Å²) >= 11 is 3.58. The number of benzene rings is 3. The van der Waals surface area contributed by atoms with Crippen molar-refractivity contribution in [3.05, 3.63) is 93.9 Å². The van der Waals surface area contributed by atoms with Crippen LogP contribution < -0.4 is 14.9 Å². The van der Waals surface area contributed by atoms with Crippen LogP contribution in [0.1, 0.15) is 34.4 Å². The topological polar surface area (TPSA) is 73.1 Å². The number of ether oxygens (including phenoxy) is 2. The highest BCUT2D eigenvalue weighted by Gasteiger charge is 2.13. The molecular weight excluding hydrogens is 484 g/mol. The Morgan fingerprint density at radius 2 is 1.91 bits per heavy atom. The minimum atomic E-state index is -0.418. The lowest BCUT2D eigenvalue weighted by Crippen LogP contribution is -2.16. The Bertz CT molecular complexity index is 1310. The van der Waals surface area contributed by atoms with Gasteiger partial charge in [0.05, 0.1) is 17.3 Å². The molecule has 0 fully saturated rings. The van der Waals surface area contributed by atoms with Gasteiger partial charge in [0.25, 0.3) is 0 Å². The molecule has 0 aliphatic carbocycles. The van der Waals surface area contributed by atoms with Gasteiger partial charge in [0.15, 0.2) is 17.3 Å². The molecule has 0 radical (unpaired) electrons. The average Bonchev–Trinajstić information content (AvgIpc) is 3.25. The molecule has 0 aliphatic rings. The standard InChI is InChI=1S/C26H23BrN2O4/c1-3-31-24-14-18(15-28-29-26(30)23-12-11-17(2)33-23)13-22(27)25(24)32-16-20-9-6-8-19-7-4-5-10-21(19)20/h4-15H,3,16H2,1-2H3,(H,29,30)/b28-15-. The van der Waals surface area contributed by atoms with E-state index >= 15 is 0 Å². The zero-order chi connectivity index (χ0) is 23.2. The van der Waals surface area contributed by atoms with Crippen LogP contribution in [0, 0.1) is 6.92 Å². The molecule has 0 atom stereocenters. The molecule has 1 amide bonds. The highest BCUT2D eigenvalue weighted by molar-refractivity contribution is 9.10. The summed E-state index contributed by atoms with van der Waals surface area (Å²) < 4.78 is 18.0. The Morgan fingerprint density at radius 3 is 2.70 bits per heavy atom. The first kappa shape index (κ1) is 22.6. The van der Waals surface area contributed by atoms with Crippen molar-refractivity contribution in [3.8, 4) is 11.5 Å². The van der Waals surface area contributed by atoms with Crippen molar-refractivity contribution in [1.82, 2.24) is 5.43 Å². The van der Waals surface area contributed by atoms with Crippen molar-refractivity contribution in [2.45, 2.75) is 20.5 Å². The van der Waals surface area contributed by atoms with E-state index in [1.165, 1.54) is 11.6 Å². The Kier molecular flexibility index (Phi) is 7.10. The SMILES string of the molecule is CCOc1cc(/C=N\NC(=O)c2ccc(C)o2)cc(Br)c1OCc1cccc2ccccc12. The Labute approximate surface area is 200 Å². The van der Waals surface area contributed by atoms with Crippen LogP contribution in [0.4, 0.5) is 0 Å². The lowest BCUT2D eigenvalue weighted by atomic mass is 10.1. The number of furan rings is 1. The molecule has 7 heteroatoms. The van der Waals surface area contributed by atoms with Crippen molar-refractivity contribution >= 4 is 38.8 Å². The summed E-state index contributed by atoms with van der Waals surface area (Å²) in [6.07, 6.45) is 1.54.